The van der Waals surface area contributed by atoms with Crippen LogP contribution in [-0.4, -0.2) is 15.7 Å². The third kappa shape index (κ3) is 3.36. The Kier molecular flexibility index (Phi) is 4.26. The van der Waals surface area contributed by atoms with Crippen LogP contribution in [0.15, 0.2) is 15.9 Å². The second-order valence-electron chi connectivity index (χ2n) is 4.22. The van der Waals surface area contributed by atoms with Crippen LogP contribution < -0.4 is 11.1 Å². The lowest BCUT2D eigenvalue weighted by Gasteiger charge is -2.05. The number of hydrogen-bond donors (Lipinski definition) is 2. The van der Waals surface area contributed by atoms with Crippen molar-refractivity contribution in [3.05, 3.63) is 32.2 Å². The summed E-state index contributed by atoms with van der Waals surface area (Å²) in [6.45, 7) is 4.42. The van der Waals surface area contributed by atoms with Gasteiger partial charge in [0.2, 0.25) is 5.91 Å². The van der Waals surface area contributed by atoms with Crippen molar-refractivity contribution in [2.45, 2.75) is 26.9 Å². The lowest BCUT2D eigenvalue weighted by molar-refractivity contribution is -0.122. The van der Waals surface area contributed by atoms with E-state index in [-0.39, 0.29) is 12.5 Å². The Morgan fingerprint density at radius 1 is 1.53 bits per heavy atom. The summed E-state index contributed by atoms with van der Waals surface area (Å²) >= 11 is 5.00. The first-order valence-corrected chi connectivity index (χ1v) is 7.38. The number of thiophene rings is 1. The number of amides is 1. The van der Waals surface area contributed by atoms with Crippen molar-refractivity contribution in [3.8, 4) is 0 Å². The summed E-state index contributed by atoms with van der Waals surface area (Å²) in [6.07, 6.45) is 0. The molecule has 7 heteroatoms. The predicted molar refractivity (Wildman–Crippen MR) is 80.0 cm³/mol. The minimum absolute atomic E-state index is 0.0740. The van der Waals surface area contributed by atoms with Gasteiger partial charge in [0.25, 0.3) is 0 Å². The van der Waals surface area contributed by atoms with E-state index in [0.717, 1.165) is 20.1 Å². The summed E-state index contributed by atoms with van der Waals surface area (Å²) in [5.41, 5.74) is 8.06. The van der Waals surface area contributed by atoms with Crippen LogP contribution in [0.3, 0.4) is 0 Å². The molecule has 0 bridgehead atoms. The standard InChI is InChI=1S/C12H15BrN4OS/c1-7-12(14)8(2)17(16-7)6-11(18)15-5-9-3-4-10(13)19-9/h3-4H,5-6,14H2,1-2H3,(H,15,18). The zero-order valence-electron chi connectivity index (χ0n) is 10.7. The van der Waals surface area contributed by atoms with Gasteiger partial charge in [0.1, 0.15) is 6.54 Å². The van der Waals surface area contributed by atoms with Crippen molar-refractivity contribution in [1.29, 1.82) is 0 Å². The number of carbonyl (C=O) groups is 1. The molecule has 0 saturated heterocycles. The van der Waals surface area contributed by atoms with Crippen LogP contribution in [0.2, 0.25) is 0 Å². The van der Waals surface area contributed by atoms with Crippen LogP contribution in [0, 0.1) is 13.8 Å². The Hall–Kier alpha value is -1.34. The van der Waals surface area contributed by atoms with Gasteiger partial charge >= 0.3 is 0 Å². The first-order chi connectivity index (χ1) is 8.97. The monoisotopic (exact) mass is 342 g/mol. The first-order valence-electron chi connectivity index (χ1n) is 5.77. The molecule has 2 aromatic rings. The summed E-state index contributed by atoms with van der Waals surface area (Å²) in [7, 11) is 0. The number of carbonyl (C=O) groups excluding carboxylic acids is 1. The van der Waals surface area contributed by atoms with E-state index < -0.39 is 0 Å². The topological polar surface area (TPSA) is 72.9 Å². The molecular weight excluding hydrogens is 328 g/mol. The second kappa shape index (κ2) is 5.75. The zero-order chi connectivity index (χ0) is 14.0. The van der Waals surface area contributed by atoms with Gasteiger partial charge in [-0.25, -0.2) is 0 Å². The highest BCUT2D eigenvalue weighted by molar-refractivity contribution is 9.11. The van der Waals surface area contributed by atoms with Gasteiger partial charge in [-0.2, -0.15) is 5.10 Å². The molecule has 19 heavy (non-hydrogen) atoms. The number of rotatable bonds is 4. The SMILES string of the molecule is Cc1nn(CC(=O)NCc2ccc(Br)s2)c(C)c1N. The highest BCUT2D eigenvalue weighted by Gasteiger charge is 2.11. The normalized spacial score (nSPS) is 10.7. The molecular formula is C12H15BrN4OS. The fourth-order valence-corrected chi connectivity index (χ4v) is 3.11. The number of nitrogens with two attached hydrogens (primary N) is 1. The molecule has 0 aliphatic carbocycles. The molecule has 0 unspecified atom stereocenters. The van der Waals surface area contributed by atoms with E-state index in [9.17, 15) is 4.79 Å². The molecule has 1 amide bonds. The van der Waals surface area contributed by atoms with Crippen molar-refractivity contribution in [2.24, 2.45) is 0 Å². The number of nitrogens with one attached hydrogen (secondary N) is 1. The van der Waals surface area contributed by atoms with Crippen LogP contribution >= 0.6 is 27.3 Å². The number of hydrogen-bond acceptors (Lipinski definition) is 4. The summed E-state index contributed by atoms with van der Waals surface area (Å²) < 4.78 is 2.69. The largest absolute Gasteiger partial charge is 0.396 e. The summed E-state index contributed by atoms with van der Waals surface area (Å²) in [5, 5.41) is 7.10. The highest BCUT2D eigenvalue weighted by atomic mass is 79.9. The minimum Gasteiger partial charge on any atom is -0.396 e. The number of nitrogens with zero attached hydrogens (tertiary/aromatic N) is 2. The number of aryl methyl sites for hydroxylation is 1. The minimum atomic E-state index is -0.0740. The van der Waals surface area contributed by atoms with Crippen LogP contribution in [-0.2, 0) is 17.9 Å². The maximum absolute atomic E-state index is 11.8. The molecule has 102 valence electrons. The molecule has 0 aliphatic rings. The molecule has 0 aromatic carbocycles. The zero-order valence-corrected chi connectivity index (χ0v) is 13.1. The van der Waals surface area contributed by atoms with E-state index in [1.165, 1.54) is 0 Å². The number of halogens is 1. The summed E-state index contributed by atoms with van der Waals surface area (Å²) in [4.78, 5) is 13.0. The van der Waals surface area contributed by atoms with Crippen LogP contribution in [0.5, 0.6) is 0 Å². The van der Waals surface area contributed by atoms with Gasteiger partial charge in [-0.1, -0.05) is 0 Å². The van der Waals surface area contributed by atoms with E-state index in [1.54, 1.807) is 16.0 Å². The number of nitrogen functional groups attached to an aromatic ring is 1. The van der Waals surface area contributed by atoms with Gasteiger partial charge in [0, 0.05) is 4.88 Å². The molecule has 0 radical (unpaired) electrons. The Labute approximate surface area is 123 Å². The molecule has 2 aromatic heterocycles. The van der Waals surface area contributed by atoms with Gasteiger partial charge in [0.05, 0.1) is 27.4 Å². The third-order valence-electron chi connectivity index (χ3n) is 2.82. The van der Waals surface area contributed by atoms with Crippen LogP contribution in [0.25, 0.3) is 0 Å². The summed E-state index contributed by atoms with van der Waals surface area (Å²) in [5.74, 6) is -0.0740. The van der Waals surface area contributed by atoms with E-state index in [2.05, 4.69) is 26.3 Å². The maximum Gasteiger partial charge on any atom is 0.242 e. The molecule has 0 aliphatic heterocycles. The Balaban J connectivity index is 1.92. The van der Waals surface area contributed by atoms with E-state index in [4.69, 9.17) is 5.73 Å². The molecule has 5 nitrogen and oxygen atoms in total. The fourth-order valence-electron chi connectivity index (χ4n) is 1.69. The molecule has 0 spiro atoms. The Bertz CT molecular complexity index is 605. The quantitative estimate of drug-likeness (QED) is 0.894. The smallest absolute Gasteiger partial charge is 0.242 e. The predicted octanol–water partition coefficient (Wildman–Crippen LogP) is 2.22. The van der Waals surface area contributed by atoms with Gasteiger partial charge in [0.15, 0.2) is 0 Å². The molecule has 2 rings (SSSR count). The van der Waals surface area contributed by atoms with Crippen LogP contribution in [0.4, 0.5) is 5.69 Å². The van der Waals surface area contributed by atoms with E-state index >= 15 is 0 Å². The van der Waals surface area contributed by atoms with Crippen LogP contribution in [0.1, 0.15) is 16.3 Å². The highest BCUT2D eigenvalue weighted by Crippen LogP contribution is 2.21. The lowest BCUT2D eigenvalue weighted by Crippen LogP contribution is -2.27. The van der Waals surface area contributed by atoms with Crippen molar-refractivity contribution < 1.29 is 4.79 Å². The third-order valence-corrected chi connectivity index (χ3v) is 4.44. The number of aromatic nitrogens is 2. The van der Waals surface area contributed by atoms with Crippen molar-refractivity contribution in [2.75, 3.05) is 5.73 Å². The average Bonchev–Trinajstić information content (AvgIpc) is 2.88. The van der Waals surface area contributed by atoms with Crippen molar-refractivity contribution in [1.82, 2.24) is 15.1 Å². The Morgan fingerprint density at radius 2 is 2.26 bits per heavy atom. The molecule has 0 saturated carbocycles. The molecule has 0 fully saturated rings. The van der Waals surface area contributed by atoms with Gasteiger partial charge in [-0.3, -0.25) is 9.48 Å². The van der Waals surface area contributed by atoms with E-state index in [0.29, 0.717) is 12.2 Å². The van der Waals surface area contributed by atoms with E-state index in [1.807, 2.05) is 26.0 Å². The molecule has 2 heterocycles. The molecule has 0 atom stereocenters. The van der Waals surface area contributed by atoms with Gasteiger partial charge < -0.3 is 11.1 Å². The fraction of sp³-hybridized carbons (Fsp3) is 0.333. The average molecular weight is 343 g/mol. The summed E-state index contributed by atoms with van der Waals surface area (Å²) in [6, 6.07) is 3.95. The van der Waals surface area contributed by atoms with Gasteiger partial charge in [-0.15, -0.1) is 11.3 Å². The van der Waals surface area contributed by atoms with Crippen molar-refractivity contribution in [3.63, 3.8) is 0 Å². The number of anilines is 1. The lowest BCUT2D eigenvalue weighted by atomic mass is 10.3. The van der Waals surface area contributed by atoms with Gasteiger partial charge in [-0.05, 0) is 41.9 Å². The second-order valence-corrected chi connectivity index (χ2v) is 6.77. The Morgan fingerprint density at radius 3 is 2.79 bits per heavy atom. The molecule has 3 N–H and O–H groups in total. The first kappa shape index (κ1) is 14.1. The van der Waals surface area contributed by atoms with Crippen molar-refractivity contribution >= 4 is 38.9 Å². The maximum atomic E-state index is 11.8.